The third-order valence-corrected chi connectivity index (χ3v) is 5.94. The van der Waals surface area contributed by atoms with E-state index >= 15 is 0 Å². The van der Waals surface area contributed by atoms with Gasteiger partial charge in [-0.2, -0.15) is 0 Å². The van der Waals surface area contributed by atoms with Crippen LogP contribution in [0.3, 0.4) is 0 Å². The maximum atomic E-state index is 14.5. The van der Waals surface area contributed by atoms with Crippen molar-refractivity contribution in [1.82, 2.24) is 24.8 Å². The summed E-state index contributed by atoms with van der Waals surface area (Å²) in [6.07, 6.45) is 3.02. The number of likely N-dealkylation sites (N-methyl/N-ethyl adjacent to an activating group) is 1. The highest BCUT2D eigenvalue weighted by molar-refractivity contribution is 5.66. The first-order valence-electron chi connectivity index (χ1n) is 11.3. The van der Waals surface area contributed by atoms with E-state index < -0.39 is 5.82 Å². The molecule has 8 nitrogen and oxygen atoms in total. The third-order valence-electron chi connectivity index (χ3n) is 5.94. The number of nitrogens with zero attached hydrogens (tertiary/aromatic N) is 5. The fraction of sp³-hybridized carbons (Fsp3) is 0.375. The topological polar surface area (TPSA) is 75.6 Å². The first kappa shape index (κ1) is 21.5. The van der Waals surface area contributed by atoms with Gasteiger partial charge in [0, 0.05) is 44.5 Å². The number of aromatic nitrogens is 3. The van der Waals surface area contributed by atoms with Gasteiger partial charge in [0.15, 0.2) is 17.3 Å². The summed E-state index contributed by atoms with van der Waals surface area (Å²) in [7, 11) is 0. The van der Waals surface area contributed by atoms with Gasteiger partial charge in [-0.3, -0.25) is 4.90 Å². The standard InChI is InChI=1S/C24H27FN6O2/c1-2-30-7-9-31(10-8-30)16-17-3-6-22(26-14-17)28-24-27-15-19(25)23(29-24)18-4-5-20-21(13-18)33-12-11-32-20/h3-6,13-15H,2,7-12,16H2,1H3,(H,26,27,28,29). The largest absolute Gasteiger partial charge is 0.486 e. The summed E-state index contributed by atoms with van der Waals surface area (Å²) in [4.78, 5) is 17.8. The SMILES string of the molecule is CCN1CCN(Cc2ccc(Nc3ncc(F)c(-c4ccc5c(c4)OCCO5)n3)nc2)CC1. The molecule has 3 aromatic rings. The van der Waals surface area contributed by atoms with Crippen molar-refractivity contribution < 1.29 is 13.9 Å². The normalized spacial score (nSPS) is 16.5. The van der Waals surface area contributed by atoms with E-state index in [0.717, 1.165) is 51.0 Å². The molecule has 4 heterocycles. The lowest BCUT2D eigenvalue weighted by molar-refractivity contribution is 0.132. The Morgan fingerprint density at radius 2 is 1.73 bits per heavy atom. The van der Waals surface area contributed by atoms with Gasteiger partial charge in [-0.25, -0.2) is 19.3 Å². The predicted molar refractivity (Wildman–Crippen MR) is 123 cm³/mol. The summed E-state index contributed by atoms with van der Waals surface area (Å²) in [5, 5.41) is 3.07. The van der Waals surface area contributed by atoms with Crippen molar-refractivity contribution in [3.05, 3.63) is 54.1 Å². The van der Waals surface area contributed by atoms with Gasteiger partial charge in [0.1, 0.15) is 24.7 Å². The summed E-state index contributed by atoms with van der Waals surface area (Å²) < 4.78 is 25.6. The van der Waals surface area contributed by atoms with Gasteiger partial charge in [0.05, 0.1) is 6.20 Å². The Kier molecular flexibility index (Phi) is 6.32. The highest BCUT2D eigenvalue weighted by atomic mass is 19.1. The molecule has 0 atom stereocenters. The Morgan fingerprint density at radius 1 is 0.939 bits per heavy atom. The van der Waals surface area contributed by atoms with Crippen LogP contribution in [-0.2, 0) is 6.54 Å². The monoisotopic (exact) mass is 450 g/mol. The van der Waals surface area contributed by atoms with Crippen molar-refractivity contribution in [2.24, 2.45) is 0 Å². The molecule has 0 unspecified atom stereocenters. The lowest BCUT2D eigenvalue weighted by Gasteiger charge is -2.33. The molecule has 0 saturated carbocycles. The van der Waals surface area contributed by atoms with Crippen molar-refractivity contribution in [2.45, 2.75) is 13.5 Å². The molecule has 2 aliphatic rings. The number of piperazine rings is 1. The third kappa shape index (κ3) is 5.04. The van der Waals surface area contributed by atoms with Crippen LogP contribution < -0.4 is 14.8 Å². The van der Waals surface area contributed by atoms with Crippen LogP contribution in [-0.4, -0.2) is 70.7 Å². The van der Waals surface area contributed by atoms with Crippen molar-refractivity contribution in [2.75, 3.05) is 51.3 Å². The van der Waals surface area contributed by atoms with Crippen molar-refractivity contribution in [3.63, 3.8) is 0 Å². The minimum atomic E-state index is -0.510. The Morgan fingerprint density at radius 3 is 2.48 bits per heavy atom. The zero-order valence-electron chi connectivity index (χ0n) is 18.6. The van der Waals surface area contributed by atoms with E-state index in [-0.39, 0.29) is 11.6 Å². The molecule has 1 N–H and O–H groups in total. The number of fused-ring (bicyclic) bond motifs is 1. The maximum absolute atomic E-state index is 14.5. The molecule has 0 spiro atoms. The van der Waals surface area contributed by atoms with Crippen molar-refractivity contribution in [1.29, 1.82) is 0 Å². The number of nitrogens with one attached hydrogen (secondary N) is 1. The molecule has 0 aliphatic carbocycles. The molecule has 33 heavy (non-hydrogen) atoms. The molecular weight excluding hydrogens is 423 g/mol. The maximum Gasteiger partial charge on any atom is 0.229 e. The van der Waals surface area contributed by atoms with Crippen LogP contribution in [0, 0.1) is 5.82 Å². The molecule has 5 rings (SSSR count). The van der Waals surface area contributed by atoms with Crippen LogP contribution in [0.15, 0.2) is 42.7 Å². The number of hydrogen-bond donors (Lipinski definition) is 1. The highest BCUT2D eigenvalue weighted by Gasteiger charge is 2.17. The number of benzene rings is 1. The lowest BCUT2D eigenvalue weighted by Crippen LogP contribution is -2.45. The van der Waals surface area contributed by atoms with Gasteiger partial charge in [-0.05, 0) is 36.4 Å². The van der Waals surface area contributed by atoms with E-state index in [1.165, 1.54) is 0 Å². The van der Waals surface area contributed by atoms with Gasteiger partial charge in [-0.15, -0.1) is 0 Å². The quantitative estimate of drug-likeness (QED) is 0.613. The minimum Gasteiger partial charge on any atom is -0.486 e. The number of hydrogen-bond acceptors (Lipinski definition) is 8. The summed E-state index contributed by atoms with van der Waals surface area (Å²) >= 11 is 0. The zero-order chi connectivity index (χ0) is 22.6. The molecule has 172 valence electrons. The Labute approximate surface area is 192 Å². The van der Waals surface area contributed by atoms with Crippen LogP contribution in [0.5, 0.6) is 11.5 Å². The van der Waals surface area contributed by atoms with E-state index in [1.807, 2.05) is 18.3 Å². The molecule has 9 heteroatoms. The van der Waals surface area contributed by atoms with E-state index in [2.05, 4.69) is 37.0 Å². The van der Waals surface area contributed by atoms with E-state index in [9.17, 15) is 4.39 Å². The fourth-order valence-corrected chi connectivity index (χ4v) is 4.05. The van der Waals surface area contributed by atoms with Crippen LogP contribution in [0.25, 0.3) is 11.3 Å². The Balaban J connectivity index is 1.26. The van der Waals surface area contributed by atoms with Gasteiger partial charge in [0.25, 0.3) is 0 Å². The number of pyridine rings is 1. The average molecular weight is 451 g/mol. The molecule has 1 aromatic carbocycles. The molecule has 0 amide bonds. The smallest absolute Gasteiger partial charge is 0.229 e. The van der Waals surface area contributed by atoms with Gasteiger partial charge in [-0.1, -0.05) is 13.0 Å². The Hall–Kier alpha value is -3.30. The van der Waals surface area contributed by atoms with E-state index in [1.54, 1.807) is 18.2 Å². The van der Waals surface area contributed by atoms with E-state index in [4.69, 9.17) is 9.47 Å². The minimum absolute atomic E-state index is 0.187. The first-order chi connectivity index (χ1) is 16.2. The van der Waals surface area contributed by atoms with E-state index in [0.29, 0.717) is 36.1 Å². The van der Waals surface area contributed by atoms with Crippen LogP contribution >= 0.6 is 0 Å². The molecule has 1 fully saturated rings. The fourth-order valence-electron chi connectivity index (χ4n) is 4.05. The van der Waals surface area contributed by atoms with Crippen LogP contribution in [0.2, 0.25) is 0 Å². The number of rotatable bonds is 6. The summed E-state index contributed by atoms with van der Waals surface area (Å²) in [5.41, 5.74) is 1.93. The van der Waals surface area contributed by atoms with Crippen molar-refractivity contribution in [3.8, 4) is 22.8 Å². The van der Waals surface area contributed by atoms with Gasteiger partial charge >= 0.3 is 0 Å². The van der Waals surface area contributed by atoms with Crippen LogP contribution in [0.1, 0.15) is 12.5 Å². The zero-order valence-corrected chi connectivity index (χ0v) is 18.6. The molecule has 2 aliphatic heterocycles. The second-order valence-electron chi connectivity index (χ2n) is 8.14. The Bertz CT molecular complexity index is 1100. The molecular formula is C24H27FN6O2. The van der Waals surface area contributed by atoms with Crippen molar-refractivity contribution >= 4 is 11.8 Å². The van der Waals surface area contributed by atoms with Gasteiger partial charge in [0.2, 0.25) is 5.95 Å². The molecule has 1 saturated heterocycles. The predicted octanol–water partition coefficient (Wildman–Crippen LogP) is 3.33. The number of anilines is 2. The second-order valence-corrected chi connectivity index (χ2v) is 8.14. The summed E-state index contributed by atoms with van der Waals surface area (Å²) in [5.74, 6) is 1.60. The summed E-state index contributed by atoms with van der Waals surface area (Å²) in [6.45, 7) is 9.52. The first-order valence-corrected chi connectivity index (χ1v) is 11.3. The second kappa shape index (κ2) is 9.68. The lowest BCUT2D eigenvalue weighted by atomic mass is 10.1. The molecule has 0 bridgehead atoms. The number of ether oxygens (including phenoxy) is 2. The highest BCUT2D eigenvalue weighted by Crippen LogP contribution is 2.34. The summed E-state index contributed by atoms with van der Waals surface area (Å²) in [6, 6.07) is 9.20. The molecule has 2 aromatic heterocycles. The van der Waals surface area contributed by atoms with Crippen LogP contribution in [0.4, 0.5) is 16.2 Å². The number of halogens is 1. The average Bonchev–Trinajstić information content (AvgIpc) is 2.86. The molecule has 0 radical (unpaired) electrons. The van der Waals surface area contributed by atoms with Gasteiger partial charge < -0.3 is 19.7 Å².